The van der Waals surface area contributed by atoms with Crippen molar-refractivity contribution in [3.8, 4) is 0 Å². The van der Waals surface area contributed by atoms with Gasteiger partial charge in [-0.1, -0.05) is 13.3 Å². The minimum atomic E-state index is -0.465. The van der Waals surface area contributed by atoms with Gasteiger partial charge in [-0.15, -0.1) is 0 Å². The normalized spacial score (nSPS) is 10.5. The van der Waals surface area contributed by atoms with Crippen LogP contribution in [0.1, 0.15) is 31.7 Å². The summed E-state index contributed by atoms with van der Waals surface area (Å²) in [7, 11) is 0. The van der Waals surface area contributed by atoms with Crippen LogP contribution in [0.4, 0.5) is 5.69 Å². The second-order valence-corrected chi connectivity index (χ2v) is 3.75. The summed E-state index contributed by atoms with van der Waals surface area (Å²) in [6.07, 6.45) is 3.69. The Morgan fingerprint density at radius 1 is 1.44 bits per heavy atom. The van der Waals surface area contributed by atoms with Crippen molar-refractivity contribution in [1.29, 1.82) is 0 Å². The molecule has 0 radical (unpaired) electrons. The summed E-state index contributed by atoms with van der Waals surface area (Å²) in [6, 6.07) is 5.92. The molecule has 0 aromatic heterocycles. The maximum absolute atomic E-state index is 11.2. The molecule has 1 rings (SSSR count). The summed E-state index contributed by atoms with van der Waals surface area (Å²) in [6.45, 7) is 2.01. The highest BCUT2D eigenvalue weighted by molar-refractivity contribution is 5.82. The first kappa shape index (κ1) is 13.8. The van der Waals surface area contributed by atoms with E-state index in [9.17, 15) is 14.9 Å². The predicted octanol–water partition coefficient (Wildman–Crippen LogP) is 2.24. The largest absolute Gasteiger partial charge is 0.273 e. The number of non-ortho nitro benzene ring substituents is 1. The Morgan fingerprint density at radius 3 is 2.67 bits per heavy atom. The Hall–Kier alpha value is -2.24. The third-order valence-corrected chi connectivity index (χ3v) is 2.26. The lowest BCUT2D eigenvalue weighted by Crippen LogP contribution is -2.16. The monoisotopic (exact) mass is 249 g/mol. The summed E-state index contributed by atoms with van der Waals surface area (Å²) < 4.78 is 0. The van der Waals surface area contributed by atoms with Crippen LogP contribution in [0.5, 0.6) is 0 Å². The summed E-state index contributed by atoms with van der Waals surface area (Å²) >= 11 is 0. The van der Waals surface area contributed by atoms with Gasteiger partial charge in [0.1, 0.15) is 0 Å². The van der Waals surface area contributed by atoms with Gasteiger partial charge < -0.3 is 0 Å². The zero-order valence-electron chi connectivity index (χ0n) is 10.1. The first-order chi connectivity index (χ1) is 8.63. The summed E-state index contributed by atoms with van der Waals surface area (Å²) in [5.74, 6) is -0.130. The molecule has 96 valence electrons. The molecule has 0 aliphatic rings. The van der Waals surface area contributed by atoms with Gasteiger partial charge in [-0.25, -0.2) is 5.43 Å². The molecule has 0 saturated heterocycles. The van der Waals surface area contributed by atoms with Crippen molar-refractivity contribution in [2.24, 2.45) is 5.10 Å². The Labute approximate surface area is 105 Å². The topological polar surface area (TPSA) is 84.6 Å². The lowest BCUT2D eigenvalue weighted by molar-refractivity contribution is -0.384. The van der Waals surface area contributed by atoms with Gasteiger partial charge in [-0.2, -0.15) is 5.10 Å². The van der Waals surface area contributed by atoms with Crippen molar-refractivity contribution in [2.75, 3.05) is 0 Å². The van der Waals surface area contributed by atoms with Crippen molar-refractivity contribution < 1.29 is 9.72 Å². The second kappa shape index (κ2) is 7.16. The molecule has 0 heterocycles. The standard InChI is InChI=1S/C12H15N3O3/c1-2-3-4-12(16)14-13-9-10-5-7-11(8-6-10)15(17)18/h5-9H,2-4H2,1H3,(H,14,16)/b13-9-. The van der Waals surface area contributed by atoms with Gasteiger partial charge in [-0.3, -0.25) is 14.9 Å². The first-order valence-corrected chi connectivity index (χ1v) is 5.70. The van der Waals surface area contributed by atoms with E-state index in [1.165, 1.54) is 18.3 Å². The number of nitrogens with zero attached hydrogens (tertiary/aromatic N) is 2. The molecule has 0 bridgehead atoms. The molecule has 6 nitrogen and oxygen atoms in total. The van der Waals surface area contributed by atoms with Crippen LogP contribution in [-0.2, 0) is 4.79 Å². The van der Waals surface area contributed by atoms with Gasteiger partial charge in [0.25, 0.3) is 5.69 Å². The van der Waals surface area contributed by atoms with E-state index < -0.39 is 4.92 Å². The van der Waals surface area contributed by atoms with Gasteiger partial charge in [0.05, 0.1) is 11.1 Å². The molecule has 1 N–H and O–H groups in total. The van der Waals surface area contributed by atoms with E-state index >= 15 is 0 Å². The zero-order valence-corrected chi connectivity index (χ0v) is 10.1. The van der Waals surface area contributed by atoms with Gasteiger partial charge in [0, 0.05) is 18.6 Å². The average molecular weight is 249 g/mol. The van der Waals surface area contributed by atoms with Crippen molar-refractivity contribution in [1.82, 2.24) is 5.43 Å². The molecule has 0 aliphatic carbocycles. The zero-order chi connectivity index (χ0) is 13.4. The van der Waals surface area contributed by atoms with Crippen LogP contribution < -0.4 is 5.43 Å². The smallest absolute Gasteiger partial charge is 0.269 e. The number of amides is 1. The third kappa shape index (κ3) is 4.73. The molecule has 1 amide bonds. The maximum Gasteiger partial charge on any atom is 0.269 e. The van der Waals surface area contributed by atoms with Crippen LogP contribution in [0, 0.1) is 10.1 Å². The molecule has 0 saturated carbocycles. The van der Waals surface area contributed by atoms with Gasteiger partial charge in [0.2, 0.25) is 5.91 Å². The Kier molecular flexibility index (Phi) is 5.50. The molecule has 0 atom stereocenters. The molecule has 0 fully saturated rings. The van der Waals surface area contributed by atoms with Crippen LogP contribution in [0.3, 0.4) is 0 Å². The number of hydrogen-bond acceptors (Lipinski definition) is 4. The van der Waals surface area contributed by atoms with Crippen molar-refractivity contribution in [3.63, 3.8) is 0 Å². The number of rotatable bonds is 6. The fourth-order valence-electron chi connectivity index (χ4n) is 1.25. The van der Waals surface area contributed by atoms with E-state index in [-0.39, 0.29) is 11.6 Å². The second-order valence-electron chi connectivity index (χ2n) is 3.75. The van der Waals surface area contributed by atoms with Gasteiger partial charge >= 0.3 is 0 Å². The predicted molar refractivity (Wildman–Crippen MR) is 68.4 cm³/mol. The van der Waals surface area contributed by atoms with Crippen LogP contribution in [0.25, 0.3) is 0 Å². The fourth-order valence-corrected chi connectivity index (χ4v) is 1.25. The van der Waals surface area contributed by atoms with Crippen LogP contribution in [-0.4, -0.2) is 17.0 Å². The number of hydrazone groups is 1. The highest BCUT2D eigenvalue weighted by atomic mass is 16.6. The quantitative estimate of drug-likeness (QED) is 0.476. The molecule has 0 spiro atoms. The number of hydrogen-bond donors (Lipinski definition) is 1. The molecule has 1 aromatic rings. The number of nitro groups is 1. The lowest BCUT2D eigenvalue weighted by Gasteiger charge is -1.97. The number of nitro benzene ring substituents is 1. The molecule has 1 aromatic carbocycles. The number of carbonyl (C=O) groups excluding carboxylic acids is 1. The van der Waals surface area contributed by atoms with Crippen molar-refractivity contribution >= 4 is 17.8 Å². The number of carbonyl (C=O) groups is 1. The molecule has 6 heteroatoms. The van der Waals surface area contributed by atoms with Gasteiger partial charge in [0.15, 0.2) is 0 Å². The van der Waals surface area contributed by atoms with Crippen LogP contribution >= 0.6 is 0 Å². The highest BCUT2D eigenvalue weighted by Gasteiger charge is 2.02. The van der Waals surface area contributed by atoms with Crippen LogP contribution in [0.15, 0.2) is 29.4 Å². The molecule has 0 unspecified atom stereocenters. The van der Waals surface area contributed by atoms with Gasteiger partial charge in [-0.05, 0) is 24.1 Å². The fraction of sp³-hybridized carbons (Fsp3) is 0.333. The Bertz CT molecular complexity index is 440. The molecule has 18 heavy (non-hydrogen) atoms. The Morgan fingerprint density at radius 2 is 2.11 bits per heavy atom. The third-order valence-electron chi connectivity index (χ3n) is 2.26. The van der Waals surface area contributed by atoms with E-state index in [0.29, 0.717) is 12.0 Å². The highest BCUT2D eigenvalue weighted by Crippen LogP contribution is 2.10. The van der Waals surface area contributed by atoms with Crippen molar-refractivity contribution in [3.05, 3.63) is 39.9 Å². The minimum Gasteiger partial charge on any atom is -0.273 e. The van der Waals surface area contributed by atoms with Crippen LogP contribution in [0.2, 0.25) is 0 Å². The minimum absolute atomic E-state index is 0.0270. The first-order valence-electron chi connectivity index (χ1n) is 5.70. The molecular formula is C12H15N3O3. The SMILES string of the molecule is CCCCC(=O)N/N=C\c1ccc([N+](=O)[O-])cc1. The number of nitrogens with one attached hydrogen (secondary N) is 1. The molecular weight excluding hydrogens is 234 g/mol. The summed E-state index contributed by atoms with van der Waals surface area (Å²) in [5, 5.41) is 14.2. The summed E-state index contributed by atoms with van der Waals surface area (Å²) in [5.41, 5.74) is 3.12. The average Bonchev–Trinajstić information content (AvgIpc) is 2.37. The van der Waals surface area contributed by atoms with E-state index in [4.69, 9.17) is 0 Å². The Balaban J connectivity index is 2.47. The number of unbranched alkanes of at least 4 members (excludes halogenated alkanes) is 1. The van der Waals surface area contributed by atoms with E-state index in [0.717, 1.165) is 12.8 Å². The number of benzene rings is 1. The van der Waals surface area contributed by atoms with Crippen molar-refractivity contribution in [2.45, 2.75) is 26.2 Å². The maximum atomic E-state index is 11.2. The lowest BCUT2D eigenvalue weighted by atomic mass is 10.2. The van der Waals surface area contributed by atoms with E-state index in [2.05, 4.69) is 10.5 Å². The van der Waals surface area contributed by atoms with E-state index in [1.807, 2.05) is 6.92 Å². The van der Waals surface area contributed by atoms with E-state index in [1.54, 1.807) is 12.1 Å². The summed E-state index contributed by atoms with van der Waals surface area (Å²) in [4.78, 5) is 21.2. The molecule has 0 aliphatic heterocycles.